The van der Waals surface area contributed by atoms with Crippen molar-refractivity contribution >= 4 is 11.7 Å². The standard InChI is InChI=1S/C12H26N4O/c1-5-16(4)10(11(17)9(2)3)7-6-8-15-12(13)14/h9-10H,5-8H2,1-4H3,(H4,13,14,15)/t10-/m0/s1. The van der Waals surface area contributed by atoms with Gasteiger partial charge in [0.2, 0.25) is 0 Å². The molecule has 0 unspecified atom stereocenters. The molecule has 0 aromatic carbocycles. The first-order valence-electron chi connectivity index (χ1n) is 6.19. The van der Waals surface area contributed by atoms with Crippen molar-refractivity contribution in [1.82, 2.24) is 4.90 Å². The number of nitrogens with two attached hydrogens (primary N) is 2. The van der Waals surface area contributed by atoms with Crippen molar-refractivity contribution in [1.29, 1.82) is 0 Å². The van der Waals surface area contributed by atoms with Gasteiger partial charge in [-0.3, -0.25) is 14.7 Å². The van der Waals surface area contributed by atoms with E-state index in [1.165, 1.54) is 0 Å². The van der Waals surface area contributed by atoms with Gasteiger partial charge in [-0.2, -0.15) is 0 Å². The summed E-state index contributed by atoms with van der Waals surface area (Å²) in [5.74, 6) is 0.469. The first-order valence-corrected chi connectivity index (χ1v) is 6.19. The Labute approximate surface area is 104 Å². The molecule has 17 heavy (non-hydrogen) atoms. The zero-order valence-corrected chi connectivity index (χ0v) is 11.4. The van der Waals surface area contributed by atoms with Crippen LogP contribution in [0.2, 0.25) is 0 Å². The summed E-state index contributed by atoms with van der Waals surface area (Å²) in [7, 11) is 1.98. The highest BCUT2D eigenvalue weighted by Gasteiger charge is 2.23. The van der Waals surface area contributed by atoms with Crippen LogP contribution in [0.25, 0.3) is 0 Å². The highest BCUT2D eigenvalue weighted by atomic mass is 16.1. The van der Waals surface area contributed by atoms with E-state index in [1.807, 2.05) is 20.9 Å². The number of Topliss-reactive ketones (excluding diaryl/α,β-unsaturated/α-hetero) is 1. The number of carbonyl (C=O) groups excluding carboxylic acids is 1. The molecule has 0 bridgehead atoms. The molecule has 0 fully saturated rings. The predicted molar refractivity (Wildman–Crippen MR) is 71.8 cm³/mol. The Morgan fingerprint density at radius 2 is 1.94 bits per heavy atom. The molecule has 0 rings (SSSR count). The largest absolute Gasteiger partial charge is 0.370 e. The van der Waals surface area contributed by atoms with E-state index in [0.717, 1.165) is 19.4 Å². The smallest absolute Gasteiger partial charge is 0.185 e. The summed E-state index contributed by atoms with van der Waals surface area (Å²) in [6, 6.07) is -0.0193. The molecule has 1 atom stereocenters. The highest BCUT2D eigenvalue weighted by molar-refractivity contribution is 5.85. The molecule has 0 radical (unpaired) electrons. The zero-order valence-electron chi connectivity index (χ0n) is 11.4. The van der Waals surface area contributed by atoms with E-state index in [4.69, 9.17) is 11.5 Å². The number of rotatable bonds is 8. The molecular weight excluding hydrogens is 216 g/mol. The topological polar surface area (TPSA) is 84.7 Å². The van der Waals surface area contributed by atoms with Crippen LogP contribution < -0.4 is 11.5 Å². The van der Waals surface area contributed by atoms with Gasteiger partial charge in [0.15, 0.2) is 11.7 Å². The molecule has 0 aromatic rings. The molecule has 4 N–H and O–H groups in total. The van der Waals surface area contributed by atoms with Gasteiger partial charge in [0.05, 0.1) is 6.04 Å². The lowest BCUT2D eigenvalue weighted by Crippen LogP contribution is -2.40. The average Bonchev–Trinajstić information content (AvgIpc) is 2.27. The Balaban J connectivity index is 4.31. The van der Waals surface area contributed by atoms with Gasteiger partial charge in [0.25, 0.3) is 0 Å². The summed E-state index contributed by atoms with van der Waals surface area (Å²) in [4.78, 5) is 18.1. The minimum Gasteiger partial charge on any atom is -0.370 e. The Kier molecular flexibility index (Phi) is 7.54. The molecule has 0 amide bonds. The number of hydrogen-bond acceptors (Lipinski definition) is 3. The Morgan fingerprint density at radius 3 is 2.35 bits per heavy atom. The minimum atomic E-state index is -0.0193. The lowest BCUT2D eigenvalue weighted by Gasteiger charge is -2.27. The van der Waals surface area contributed by atoms with E-state index in [-0.39, 0.29) is 17.9 Å². The first kappa shape index (κ1) is 15.9. The van der Waals surface area contributed by atoms with Gasteiger partial charge in [-0.05, 0) is 26.4 Å². The number of carbonyl (C=O) groups is 1. The Morgan fingerprint density at radius 1 is 1.35 bits per heavy atom. The van der Waals surface area contributed by atoms with Gasteiger partial charge in [-0.15, -0.1) is 0 Å². The van der Waals surface area contributed by atoms with Crippen LogP contribution in [0.5, 0.6) is 0 Å². The molecular formula is C12H26N4O. The van der Waals surface area contributed by atoms with Crippen LogP contribution >= 0.6 is 0 Å². The van der Waals surface area contributed by atoms with Gasteiger partial charge < -0.3 is 11.5 Å². The number of aliphatic imine (C=N–C) groups is 1. The molecule has 0 saturated carbocycles. The fourth-order valence-corrected chi connectivity index (χ4v) is 1.68. The normalized spacial score (nSPS) is 12.8. The summed E-state index contributed by atoms with van der Waals surface area (Å²) in [6.45, 7) is 7.38. The minimum absolute atomic E-state index is 0.0193. The maximum absolute atomic E-state index is 12.0. The van der Waals surface area contributed by atoms with Gasteiger partial charge in [-0.25, -0.2) is 0 Å². The van der Waals surface area contributed by atoms with Gasteiger partial charge in [0, 0.05) is 12.5 Å². The van der Waals surface area contributed by atoms with Crippen molar-refractivity contribution in [2.24, 2.45) is 22.4 Å². The molecule has 0 aliphatic rings. The second-order valence-electron chi connectivity index (χ2n) is 4.59. The van der Waals surface area contributed by atoms with Gasteiger partial charge in [0.1, 0.15) is 0 Å². The second kappa shape index (κ2) is 8.06. The first-order chi connectivity index (χ1) is 7.90. The highest BCUT2D eigenvalue weighted by Crippen LogP contribution is 2.11. The lowest BCUT2D eigenvalue weighted by atomic mass is 9.97. The lowest BCUT2D eigenvalue weighted by molar-refractivity contribution is -0.127. The molecule has 0 saturated heterocycles. The van der Waals surface area contributed by atoms with Crippen LogP contribution in [0, 0.1) is 5.92 Å². The predicted octanol–water partition coefficient (Wildman–Crippen LogP) is 0.585. The second-order valence-corrected chi connectivity index (χ2v) is 4.59. The summed E-state index contributed by atoms with van der Waals surface area (Å²) >= 11 is 0. The zero-order chi connectivity index (χ0) is 13.4. The third-order valence-electron chi connectivity index (χ3n) is 2.86. The number of nitrogens with zero attached hydrogens (tertiary/aromatic N) is 2. The monoisotopic (exact) mass is 242 g/mol. The Hall–Kier alpha value is -1.10. The molecule has 0 heterocycles. The van der Waals surface area contributed by atoms with E-state index in [9.17, 15) is 4.79 Å². The molecule has 5 heteroatoms. The average molecular weight is 242 g/mol. The van der Waals surface area contributed by atoms with Gasteiger partial charge in [-0.1, -0.05) is 20.8 Å². The summed E-state index contributed by atoms with van der Waals surface area (Å²) in [5, 5.41) is 0. The van der Waals surface area contributed by atoms with Crippen molar-refractivity contribution in [3.8, 4) is 0 Å². The number of hydrogen-bond donors (Lipinski definition) is 2. The molecule has 100 valence electrons. The quantitative estimate of drug-likeness (QED) is 0.370. The summed E-state index contributed by atoms with van der Waals surface area (Å²) < 4.78 is 0. The number of ketones is 1. The van der Waals surface area contributed by atoms with Crippen LogP contribution in [0.1, 0.15) is 33.6 Å². The van der Waals surface area contributed by atoms with E-state index < -0.39 is 0 Å². The molecule has 0 aromatic heterocycles. The number of likely N-dealkylation sites (N-methyl/N-ethyl adjacent to an activating group) is 1. The SMILES string of the molecule is CCN(C)[C@@H](CCCN=C(N)N)C(=O)C(C)C. The van der Waals surface area contributed by atoms with Crippen molar-refractivity contribution in [2.75, 3.05) is 20.1 Å². The van der Waals surface area contributed by atoms with Crippen LogP contribution in [-0.4, -0.2) is 42.8 Å². The van der Waals surface area contributed by atoms with E-state index in [1.54, 1.807) is 0 Å². The van der Waals surface area contributed by atoms with Crippen molar-refractivity contribution in [3.63, 3.8) is 0 Å². The molecule has 0 spiro atoms. The van der Waals surface area contributed by atoms with E-state index >= 15 is 0 Å². The number of guanidine groups is 1. The van der Waals surface area contributed by atoms with Crippen molar-refractivity contribution in [2.45, 2.75) is 39.7 Å². The fourth-order valence-electron chi connectivity index (χ4n) is 1.68. The maximum atomic E-state index is 12.0. The molecule has 0 aliphatic carbocycles. The van der Waals surface area contributed by atoms with Crippen LogP contribution in [-0.2, 0) is 4.79 Å². The van der Waals surface area contributed by atoms with Gasteiger partial charge >= 0.3 is 0 Å². The molecule has 0 aliphatic heterocycles. The molecule has 5 nitrogen and oxygen atoms in total. The van der Waals surface area contributed by atoms with Crippen molar-refractivity contribution < 1.29 is 4.79 Å². The summed E-state index contributed by atoms with van der Waals surface area (Å²) in [5.41, 5.74) is 10.5. The van der Waals surface area contributed by atoms with Crippen molar-refractivity contribution in [3.05, 3.63) is 0 Å². The van der Waals surface area contributed by atoms with Crippen LogP contribution in [0.15, 0.2) is 4.99 Å². The third kappa shape index (κ3) is 6.26. The third-order valence-corrected chi connectivity index (χ3v) is 2.86. The Bertz CT molecular complexity index is 259. The van der Waals surface area contributed by atoms with Crippen LogP contribution in [0.3, 0.4) is 0 Å². The van der Waals surface area contributed by atoms with E-state index in [0.29, 0.717) is 12.3 Å². The van der Waals surface area contributed by atoms with E-state index in [2.05, 4.69) is 16.8 Å². The van der Waals surface area contributed by atoms with Crippen LogP contribution in [0.4, 0.5) is 0 Å². The maximum Gasteiger partial charge on any atom is 0.185 e. The summed E-state index contributed by atoms with van der Waals surface area (Å²) in [6.07, 6.45) is 1.63. The fraction of sp³-hybridized carbons (Fsp3) is 0.833.